The Hall–Kier alpha value is -1.71. The molecule has 0 spiro atoms. The third-order valence-corrected chi connectivity index (χ3v) is 3.11. The number of phenols is 1. The van der Waals surface area contributed by atoms with E-state index in [4.69, 9.17) is 0 Å². The summed E-state index contributed by atoms with van der Waals surface area (Å²) >= 11 is 0. The van der Waals surface area contributed by atoms with Gasteiger partial charge in [0.1, 0.15) is 5.75 Å². The number of likely N-dealkylation sites (N-methyl/N-ethyl adjacent to an activating group) is 1. The molecule has 0 aliphatic carbocycles. The van der Waals surface area contributed by atoms with Crippen LogP contribution in [0, 0.1) is 0 Å². The first-order chi connectivity index (χ1) is 7.51. The van der Waals surface area contributed by atoms with Gasteiger partial charge in [0.25, 0.3) is 0 Å². The minimum Gasteiger partial charge on any atom is -0.508 e. The summed E-state index contributed by atoms with van der Waals surface area (Å²) in [6, 6.07) is 7.17. The highest BCUT2D eigenvalue weighted by atomic mass is 16.3. The Balaban J connectivity index is 2.29. The number of rotatable bonds is 1. The van der Waals surface area contributed by atoms with E-state index in [1.807, 2.05) is 12.1 Å². The molecule has 1 atom stereocenters. The van der Waals surface area contributed by atoms with Crippen LogP contribution in [-0.2, 0) is 5.41 Å². The number of carbonyl (C=O) groups is 1. The zero-order valence-corrected chi connectivity index (χ0v) is 9.53. The van der Waals surface area contributed by atoms with Crippen LogP contribution in [-0.4, -0.2) is 36.2 Å². The van der Waals surface area contributed by atoms with Gasteiger partial charge >= 0.3 is 6.03 Å². The maximum absolute atomic E-state index is 11.3. The number of aromatic hydroxyl groups is 1. The van der Waals surface area contributed by atoms with Gasteiger partial charge in [0.15, 0.2) is 0 Å². The van der Waals surface area contributed by atoms with Crippen LogP contribution < -0.4 is 5.32 Å². The summed E-state index contributed by atoms with van der Waals surface area (Å²) in [4.78, 5) is 13.0. The molecule has 1 unspecified atom stereocenters. The number of nitrogens with one attached hydrogen (secondary N) is 1. The van der Waals surface area contributed by atoms with Gasteiger partial charge in [-0.3, -0.25) is 0 Å². The average Bonchev–Trinajstić information content (AvgIpc) is 2.24. The molecule has 1 aliphatic rings. The Bertz CT molecular complexity index is 419. The summed E-state index contributed by atoms with van der Waals surface area (Å²) in [6.45, 7) is 3.33. The van der Waals surface area contributed by atoms with Gasteiger partial charge in [-0.05, 0) is 17.7 Å². The van der Waals surface area contributed by atoms with Crippen LogP contribution in [0.5, 0.6) is 5.75 Å². The van der Waals surface area contributed by atoms with Gasteiger partial charge in [-0.1, -0.05) is 19.1 Å². The molecule has 0 bridgehead atoms. The van der Waals surface area contributed by atoms with E-state index in [1.54, 1.807) is 24.1 Å². The zero-order chi connectivity index (χ0) is 11.8. The smallest absolute Gasteiger partial charge is 0.317 e. The van der Waals surface area contributed by atoms with Crippen molar-refractivity contribution >= 4 is 6.03 Å². The van der Waals surface area contributed by atoms with Gasteiger partial charge in [-0.2, -0.15) is 0 Å². The summed E-state index contributed by atoms with van der Waals surface area (Å²) in [5.41, 5.74) is 0.890. The van der Waals surface area contributed by atoms with Gasteiger partial charge in [-0.15, -0.1) is 0 Å². The molecule has 86 valence electrons. The molecule has 2 rings (SSSR count). The van der Waals surface area contributed by atoms with Crippen molar-refractivity contribution in [2.45, 2.75) is 12.3 Å². The molecule has 4 heteroatoms. The average molecular weight is 220 g/mol. The van der Waals surface area contributed by atoms with E-state index in [0.717, 1.165) is 5.56 Å². The molecule has 0 radical (unpaired) electrons. The molecule has 2 amide bonds. The van der Waals surface area contributed by atoms with Crippen LogP contribution in [0.2, 0.25) is 0 Å². The van der Waals surface area contributed by atoms with E-state index in [2.05, 4.69) is 12.2 Å². The fourth-order valence-electron chi connectivity index (χ4n) is 2.13. The van der Waals surface area contributed by atoms with Crippen molar-refractivity contribution in [3.8, 4) is 5.75 Å². The first-order valence-corrected chi connectivity index (χ1v) is 5.30. The van der Waals surface area contributed by atoms with Crippen LogP contribution in [0.3, 0.4) is 0 Å². The van der Waals surface area contributed by atoms with Crippen LogP contribution >= 0.6 is 0 Å². The lowest BCUT2D eigenvalue weighted by molar-refractivity contribution is 0.174. The summed E-state index contributed by atoms with van der Waals surface area (Å²) in [5.74, 6) is 0.262. The van der Waals surface area contributed by atoms with Crippen molar-refractivity contribution in [3.05, 3.63) is 29.8 Å². The van der Waals surface area contributed by atoms with Crippen molar-refractivity contribution in [3.63, 3.8) is 0 Å². The van der Waals surface area contributed by atoms with Crippen LogP contribution in [0.15, 0.2) is 24.3 Å². The molecule has 4 nitrogen and oxygen atoms in total. The molecule has 1 fully saturated rings. The number of phenolic OH excluding ortho intramolecular Hbond substituents is 1. The maximum atomic E-state index is 11.3. The molecule has 1 aromatic rings. The highest BCUT2D eigenvalue weighted by Gasteiger charge is 2.34. The molecule has 2 N–H and O–H groups in total. The Morgan fingerprint density at radius 2 is 2.25 bits per heavy atom. The first kappa shape index (κ1) is 10.8. The van der Waals surface area contributed by atoms with Crippen molar-refractivity contribution in [1.29, 1.82) is 0 Å². The molecule has 1 heterocycles. The van der Waals surface area contributed by atoms with Crippen LogP contribution in [0.25, 0.3) is 0 Å². The third kappa shape index (κ3) is 1.83. The van der Waals surface area contributed by atoms with E-state index in [-0.39, 0.29) is 17.2 Å². The predicted molar refractivity (Wildman–Crippen MR) is 61.5 cm³/mol. The second-order valence-electron chi connectivity index (χ2n) is 4.63. The fraction of sp³-hybridized carbons (Fsp3) is 0.417. The number of nitrogens with zero attached hydrogens (tertiary/aromatic N) is 1. The summed E-state index contributed by atoms with van der Waals surface area (Å²) in [7, 11) is 1.77. The largest absolute Gasteiger partial charge is 0.508 e. The van der Waals surface area contributed by atoms with E-state index < -0.39 is 0 Å². The lowest BCUT2D eigenvalue weighted by Crippen LogP contribution is -2.56. The molecule has 16 heavy (non-hydrogen) atoms. The Morgan fingerprint density at radius 1 is 1.50 bits per heavy atom. The Labute approximate surface area is 94.9 Å². The quantitative estimate of drug-likeness (QED) is 0.749. The van der Waals surface area contributed by atoms with E-state index >= 15 is 0 Å². The fourth-order valence-corrected chi connectivity index (χ4v) is 2.13. The topological polar surface area (TPSA) is 52.6 Å². The van der Waals surface area contributed by atoms with E-state index in [1.165, 1.54) is 0 Å². The zero-order valence-electron chi connectivity index (χ0n) is 9.53. The SMILES string of the molecule is CN1CC(C)(c2cccc(O)c2)CNC1=O. The van der Waals surface area contributed by atoms with Gasteiger partial charge in [0.05, 0.1) is 0 Å². The lowest BCUT2D eigenvalue weighted by atomic mass is 9.81. The van der Waals surface area contributed by atoms with Gasteiger partial charge in [0, 0.05) is 25.6 Å². The summed E-state index contributed by atoms with van der Waals surface area (Å²) in [6.07, 6.45) is 0. The van der Waals surface area contributed by atoms with Crippen molar-refractivity contribution < 1.29 is 9.90 Å². The Morgan fingerprint density at radius 3 is 2.88 bits per heavy atom. The minimum atomic E-state index is -0.151. The number of hydrogen-bond donors (Lipinski definition) is 2. The molecule has 1 aromatic carbocycles. The lowest BCUT2D eigenvalue weighted by Gasteiger charge is -2.39. The van der Waals surface area contributed by atoms with Crippen molar-refractivity contribution in [2.24, 2.45) is 0 Å². The highest BCUT2D eigenvalue weighted by molar-refractivity contribution is 5.75. The second kappa shape index (κ2) is 3.70. The third-order valence-electron chi connectivity index (χ3n) is 3.11. The molecule has 0 aromatic heterocycles. The normalized spacial score (nSPS) is 25.4. The standard InChI is InChI=1S/C12H16N2O2/c1-12(7-13-11(16)14(2)8-12)9-4-3-5-10(15)6-9/h3-6,15H,7-8H2,1-2H3,(H,13,16). The van der Waals surface area contributed by atoms with Crippen LogP contribution in [0.4, 0.5) is 4.79 Å². The number of hydrogen-bond acceptors (Lipinski definition) is 2. The molecule has 0 saturated carbocycles. The highest BCUT2D eigenvalue weighted by Crippen LogP contribution is 2.28. The predicted octanol–water partition coefficient (Wildman–Crippen LogP) is 1.30. The summed E-state index contributed by atoms with van der Waals surface area (Å²) < 4.78 is 0. The molecule has 1 aliphatic heterocycles. The van der Waals surface area contributed by atoms with Crippen LogP contribution in [0.1, 0.15) is 12.5 Å². The number of urea groups is 1. The number of benzene rings is 1. The van der Waals surface area contributed by atoms with Gasteiger partial charge in [-0.25, -0.2) is 4.79 Å². The van der Waals surface area contributed by atoms with Crippen molar-refractivity contribution in [2.75, 3.05) is 20.1 Å². The molecular formula is C12H16N2O2. The monoisotopic (exact) mass is 220 g/mol. The van der Waals surface area contributed by atoms with E-state index in [0.29, 0.717) is 13.1 Å². The number of carbonyl (C=O) groups excluding carboxylic acids is 1. The molecule has 1 saturated heterocycles. The second-order valence-corrected chi connectivity index (χ2v) is 4.63. The Kier molecular flexibility index (Phi) is 2.50. The van der Waals surface area contributed by atoms with Gasteiger partial charge < -0.3 is 15.3 Å². The summed E-state index contributed by atoms with van der Waals surface area (Å²) in [5, 5.41) is 12.3. The minimum absolute atomic E-state index is 0.0439. The molecular weight excluding hydrogens is 204 g/mol. The number of amides is 2. The van der Waals surface area contributed by atoms with Crippen molar-refractivity contribution in [1.82, 2.24) is 10.2 Å². The van der Waals surface area contributed by atoms with E-state index in [9.17, 15) is 9.90 Å². The van der Waals surface area contributed by atoms with Gasteiger partial charge in [0.2, 0.25) is 0 Å². The maximum Gasteiger partial charge on any atom is 0.317 e. The first-order valence-electron chi connectivity index (χ1n) is 5.30.